The summed E-state index contributed by atoms with van der Waals surface area (Å²) in [7, 11) is 0. The molecule has 1 nitrogen and oxygen atoms in total. The molecular weight excluding hydrogens is 302 g/mol. The third kappa shape index (κ3) is 4.95. The number of carbonyl (C=O) groups excluding carboxylic acids is 1. The number of carbonyl (C=O) groups is 1. The second-order valence-corrected chi connectivity index (χ2v) is 6.20. The molecule has 0 atom stereocenters. The van der Waals surface area contributed by atoms with E-state index in [1.807, 2.05) is 18.2 Å². The van der Waals surface area contributed by atoms with Crippen LogP contribution in [0.5, 0.6) is 0 Å². The minimum absolute atomic E-state index is 0.232. The first kappa shape index (κ1) is 16.7. The van der Waals surface area contributed by atoms with E-state index < -0.39 is 11.6 Å². The first-order chi connectivity index (χ1) is 10.7. The monoisotopic (exact) mass is 320 g/mol. The summed E-state index contributed by atoms with van der Waals surface area (Å²) < 4.78 is 27.1. The minimum Gasteiger partial charge on any atom is -0.298 e. The molecule has 4 heteroatoms. The number of benzene rings is 2. The Morgan fingerprint density at radius 2 is 1.73 bits per heavy atom. The van der Waals surface area contributed by atoms with Gasteiger partial charge in [0, 0.05) is 4.90 Å². The summed E-state index contributed by atoms with van der Waals surface area (Å²) in [6.45, 7) is 0. The quantitative estimate of drug-likeness (QED) is 0.374. The van der Waals surface area contributed by atoms with Gasteiger partial charge in [0.1, 0.15) is 11.6 Å². The van der Waals surface area contributed by atoms with Crippen molar-refractivity contribution in [3.63, 3.8) is 0 Å². The van der Waals surface area contributed by atoms with Gasteiger partial charge in [0.2, 0.25) is 0 Å². The molecule has 0 spiro atoms. The van der Waals surface area contributed by atoms with Crippen LogP contribution in [0.2, 0.25) is 0 Å². The van der Waals surface area contributed by atoms with Gasteiger partial charge in [0.15, 0.2) is 6.29 Å². The Morgan fingerprint density at radius 3 is 2.45 bits per heavy atom. The van der Waals surface area contributed by atoms with E-state index in [-0.39, 0.29) is 10.5 Å². The zero-order chi connectivity index (χ0) is 15.8. The standard InChI is InChI=1S/C18H18F2OS/c19-16-12-18(17(20)11-15(16)13-21)22-10-6-2-5-9-14-7-3-1-4-8-14/h1,3-4,7-8,11-13H,2,5-6,9-10H2. The smallest absolute Gasteiger partial charge is 0.153 e. The lowest BCUT2D eigenvalue weighted by molar-refractivity contribution is 0.111. The summed E-state index contributed by atoms with van der Waals surface area (Å²) in [5, 5.41) is 0. The number of hydrogen-bond acceptors (Lipinski definition) is 2. The minimum atomic E-state index is -0.664. The Bertz CT molecular complexity index is 614. The lowest BCUT2D eigenvalue weighted by Crippen LogP contribution is -1.93. The van der Waals surface area contributed by atoms with Crippen LogP contribution in [0.25, 0.3) is 0 Å². The van der Waals surface area contributed by atoms with Crippen molar-refractivity contribution < 1.29 is 13.6 Å². The van der Waals surface area contributed by atoms with E-state index in [1.54, 1.807) is 0 Å². The molecule has 0 aliphatic rings. The number of thioether (sulfide) groups is 1. The van der Waals surface area contributed by atoms with Gasteiger partial charge < -0.3 is 0 Å². The van der Waals surface area contributed by atoms with Crippen molar-refractivity contribution in [2.24, 2.45) is 0 Å². The average Bonchev–Trinajstić information content (AvgIpc) is 2.54. The molecule has 2 aromatic rings. The van der Waals surface area contributed by atoms with Crippen LogP contribution in [-0.4, -0.2) is 12.0 Å². The molecular formula is C18H18F2OS. The van der Waals surface area contributed by atoms with Crippen LogP contribution in [0.1, 0.15) is 35.2 Å². The number of halogens is 2. The molecule has 0 unspecified atom stereocenters. The molecule has 0 radical (unpaired) electrons. The van der Waals surface area contributed by atoms with Crippen molar-refractivity contribution >= 4 is 18.0 Å². The van der Waals surface area contributed by atoms with Crippen LogP contribution >= 0.6 is 11.8 Å². The van der Waals surface area contributed by atoms with Gasteiger partial charge in [0.05, 0.1) is 5.56 Å². The van der Waals surface area contributed by atoms with Crippen LogP contribution in [0, 0.1) is 11.6 Å². The zero-order valence-corrected chi connectivity index (χ0v) is 13.0. The summed E-state index contributed by atoms with van der Waals surface area (Å²) in [6.07, 6.45) is 4.47. The fourth-order valence-electron chi connectivity index (χ4n) is 2.18. The first-order valence-corrected chi connectivity index (χ1v) is 8.30. The first-order valence-electron chi connectivity index (χ1n) is 7.31. The molecule has 0 saturated carbocycles. The van der Waals surface area contributed by atoms with E-state index in [1.165, 1.54) is 17.3 Å². The summed E-state index contributed by atoms with van der Waals surface area (Å²) in [4.78, 5) is 10.8. The lowest BCUT2D eigenvalue weighted by atomic mass is 10.1. The van der Waals surface area contributed by atoms with Gasteiger partial charge in [-0.15, -0.1) is 11.8 Å². The number of aldehydes is 1. The second kappa shape index (κ2) is 8.69. The highest BCUT2D eigenvalue weighted by molar-refractivity contribution is 7.99. The lowest BCUT2D eigenvalue weighted by Gasteiger charge is -2.05. The second-order valence-electron chi connectivity index (χ2n) is 5.07. The Hall–Kier alpha value is -1.68. The van der Waals surface area contributed by atoms with Crippen LogP contribution in [0.3, 0.4) is 0 Å². The highest BCUT2D eigenvalue weighted by Gasteiger charge is 2.09. The molecule has 2 rings (SSSR count). The van der Waals surface area contributed by atoms with Gasteiger partial charge in [-0.2, -0.15) is 0 Å². The maximum absolute atomic E-state index is 13.7. The van der Waals surface area contributed by atoms with E-state index in [2.05, 4.69) is 12.1 Å². The highest BCUT2D eigenvalue weighted by atomic mass is 32.2. The molecule has 0 bridgehead atoms. The normalized spacial score (nSPS) is 10.6. The zero-order valence-electron chi connectivity index (χ0n) is 12.2. The number of rotatable bonds is 8. The van der Waals surface area contributed by atoms with Crippen molar-refractivity contribution in [2.75, 3.05) is 5.75 Å². The predicted molar refractivity (Wildman–Crippen MR) is 86.5 cm³/mol. The topological polar surface area (TPSA) is 17.1 Å². The van der Waals surface area contributed by atoms with Crippen molar-refractivity contribution in [1.29, 1.82) is 0 Å². The maximum atomic E-state index is 13.7. The van der Waals surface area contributed by atoms with Crippen LogP contribution in [0.4, 0.5) is 8.78 Å². The molecule has 0 heterocycles. The molecule has 0 aliphatic carbocycles. The van der Waals surface area contributed by atoms with Gasteiger partial charge in [-0.3, -0.25) is 4.79 Å². The predicted octanol–water partition coefficient (Wildman–Crippen LogP) is 5.28. The molecule has 0 aliphatic heterocycles. The van der Waals surface area contributed by atoms with E-state index in [4.69, 9.17) is 0 Å². The SMILES string of the molecule is O=Cc1cc(F)c(SCCCCCc2ccccc2)cc1F. The molecule has 0 saturated heterocycles. The molecule has 0 fully saturated rings. The van der Waals surface area contributed by atoms with Gasteiger partial charge in [-0.05, 0) is 42.7 Å². The van der Waals surface area contributed by atoms with Gasteiger partial charge >= 0.3 is 0 Å². The van der Waals surface area contributed by atoms with Crippen LogP contribution < -0.4 is 0 Å². The Kier molecular flexibility index (Phi) is 6.59. The number of aryl methyl sites for hydroxylation is 1. The van der Waals surface area contributed by atoms with E-state index in [0.29, 0.717) is 6.29 Å². The molecule has 0 amide bonds. The highest BCUT2D eigenvalue weighted by Crippen LogP contribution is 2.25. The van der Waals surface area contributed by atoms with E-state index in [9.17, 15) is 13.6 Å². The van der Waals surface area contributed by atoms with E-state index >= 15 is 0 Å². The van der Waals surface area contributed by atoms with Crippen molar-refractivity contribution in [3.8, 4) is 0 Å². The Labute approximate surface area is 133 Å². The fraction of sp³-hybridized carbons (Fsp3) is 0.278. The van der Waals surface area contributed by atoms with Crippen molar-refractivity contribution in [2.45, 2.75) is 30.6 Å². The van der Waals surface area contributed by atoms with Crippen LogP contribution in [-0.2, 0) is 6.42 Å². The Morgan fingerprint density at radius 1 is 0.955 bits per heavy atom. The molecule has 116 valence electrons. The maximum Gasteiger partial charge on any atom is 0.153 e. The summed E-state index contributed by atoms with van der Waals surface area (Å²) in [6, 6.07) is 12.4. The van der Waals surface area contributed by atoms with Crippen molar-refractivity contribution in [3.05, 3.63) is 65.2 Å². The molecule has 0 aromatic heterocycles. The van der Waals surface area contributed by atoms with Crippen molar-refractivity contribution in [1.82, 2.24) is 0 Å². The summed E-state index contributed by atoms with van der Waals surface area (Å²) in [5.74, 6) is -0.452. The van der Waals surface area contributed by atoms with Gasteiger partial charge in [-0.25, -0.2) is 8.78 Å². The molecule has 2 aromatic carbocycles. The number of unbranched alkanes of at least 4 members (excludes halogenated alkanes) is 2. The molecule has 22 heavy (non-hydrogen) atoms. The molecule has 0 N–H and O–H groups in total. The fourth-order valence-corrected chi connectivity index (χ4v) is 3.13. The van der Waals surface area contributed by atoms with Crippen LogP contribution in [0.15, 0.2) is 47.4 Å². The third-order valence-electron chi connectivity index (χ3n) is 3.39. The van der Waals surface area contributed by atoms with Gasteiger partial charge in [0.25, 0.3) is 0 Å². The van der Waals surface area contributed by atoms with Gasteiger partial charge in [-0.1, -0.05) is 36.8 Å². The summed E-state index contributed by atoms with van der Waals surface area (Å²) in [5.41, 5.74) is 1.09. The average molecular weight is 320 g/mol. The third-order valence-corrected chi connectivity index (χ3v) is 4.51. The van der Waals surface area contributed by atoms with E-state index in [0.717, 1.165) is 43.6 Å². The largest absolute Gasteiger partial charge is 0.298 e. The summed E-state index contributed by atoms with van der Waals surface area (Å²) >= 11 is 1.30. The Balaban J connectivity index is 1.71. The number of hydrogen-bond donors (Lipinski definition) is 0.